The number of ether oxygens (including phenoxy) is 1. The third kappa shape index (κ3) is 5.72. The van der Waals surface area contributed by atoms with E-state index < -0.39 is 30.0 Å². The molecule has 3 atom stereocenters. The summed E-state index contributed by atoms with van der Waals surface area (Å²) in [6, 6.07) is 26.2. The maximum absolute atomic E-state index is 14.2. The van der Waals surface area contributed by atoms with E-state index in [9.17, 15) is 14.4 Å². The van der Waals surface area contributed by atoms with E-state index >= 15 is 0 Å². The second-order valence-corrected chi connectivity index (χ2v) is 8.96. The molecule has 0 spiro atoms. The zero-order valence-electron chi connectivity index (χ0n) is 21.7. The lowest BCUT2D eigenvalue weighted by molar-refractivity contribution is -0.137. The lowest BCUT2D eigenvalue weighted by Crippen LogP contribution is -2.42. The Morgan fingerprint density at radius 2 is 1.45 bits per heavy atom. The number of amides is 3. The average molecular weight is 510 g/mol. The van der Waals surface area contributed by atoms with Crippen LogP contribution in [0.1, 0.15) is 36.6 Å². The molecule has 1 saturated heterocycles. The van der Waals surface area contributed by atoms with Gasteiger partial charge in [-0.3, -0.25) is 14.7 Å². The van der Waals surface area contributed by atoms with Gasteiger partial charge in [0.2, 0.25) is 0 Å². The molecule has 1 fully saturated rings. The van der Waals surface area contributed by atoms with Gasteiger partial charge >= 0.3 is 12.0 Å². The SMILES string of the molecule is CCOC(=O)/C=C\[C@H](N=C(c1ccccc1)c1ccccc1)C(=O)N1C(=O)N(C)[C@@H](C)[C@H]1c1ccccc1. The summed E-state index contributed by atoms with van der Waals surface area (Å²) < 4.78 is 5.04. The molecule has 0 bridgehead atoms. The molecule has 7 heteroatoms. The molecule has 0 saturated carbocycles. The zero-order valence-corrected chi connectivity index (χ0v) is 21.7. The number of carbonyl (C=O) groups excluding carboxylic acids is 3. The highest BCUT2D eigenvalue weighted by Crippen LogP contribution is 2.35. The number of benzene rings is 3. The summed E-state index contributed by atoms with van der Waals surface area (Å²) in [5.74, 6) is -1.11. The molecule has 7 nitrogen and oxygen atoms in total. The van der Waals surface area contributed by atoms with E-state index in [2.05, 4.69) is 0 Å². The smallest absolute Gasteiger partial charge is 0.330 e. The van der Waals surface area contributed by atoms with Crippen molar-refractivity contribution in [1.82, 2.24) is 9.80 Å². The summed E-state index contributed by atoms with van der Waals surface area (Å²) >= 11 is 0. The molecule has 0 unspecified atom stereocenters. The fourth-order valence-corrected chi connectivity index (χ4v) is 4.53. The van der Waals surface area contributed by atoms with Gasteiger partial charge in [-0.1, -0.05) is 91.0 Å². The molecular formula is C31H31N3O4. The van der Waals surface area contributed by atoms with Crippen LogP contribution in [-0.4, -0.2) is 59.2 Å². The Hall–Kier alpha value is -4.52. The van der Waals surface area contributed by atoms with Gasteiger partial charge in [0, 0.05) is 24.3 Å². The third-order valence-corrected chi connectivity index (χ3v) is 6.55. The summed E-state index contributed by atoms with van der Waals surface area (Å²) in [6.45, 7) is 3.82. The zero-order chi connectivity index (χ0) is 27.1. The molecule has 3 aromatic rings. The summed E-state index contributed by atoms with van der Waals surface area (Å²) in [6.07, 6.45) is 2.61. The molecule has 0 aromatic heterocycles. The number of rotatable bonds is 8. The first-order valence-electron chi connectivity index (χ1n) is 12.6. The minimum Gasteiger partial charge on any atom is -0.463 e. The number of hydrogen-bond donors (Lipinski definition) is 0. The first kappa shape index (κ1) is 26.5. The lowest BCUT2D eigenvalue weighted by Gasteiger charge is -2.26. The molecule has 194 valence electrons. The van der Waals surface area contributed by atoms with Crippen molar-refractivity contribution < 1.29 is 19.1 Å². The van der Waals surface area contributed by atoms with Crippen molar-refractivity contribution in [3.05, 3.63) is 120 Å². The van der Waals surface area contributed by atoms with E-state index in [1.807, 2.05) is 97.9 Å². The van der Waals surface area contributed by atoms with Gasteiger partial charge < -0.3 is 9.64 Å². The summed E-state index contributed by atoms with van der Waals surface area (Å²) in [4.78, 5) is 47.4. The fraction of sp³-hybridized carbons (Fsp3) is 0.226. The first-order valence-corrected chi connectivity index (χ1v) is 12.6. The maximum Gasteiger partial charge on any atom is 0.330 e. The number of urea groups is 1. The van der Waals surface area contributed by atoms with Gasteiger partial charge in [0.1, 0.15) is 6.04 Å². The number of esters is 1. The Morgan fingerprint density at radius 1 is 0.921 bits per heavy atom. The Bertz CT molecular complexity index is 1280. The fourth-order valence-electron chi connectivity index (χ4n) is 4.53. The standard InChI is InChI=1S/C31H31N3O4/c1-4-38-27(35)21-20-26(32-28(23-14-8-5-9-15-23)24-16-10-6-11-17-24)30(36)34-29(22(2)33(3)31(34)37)25-18-12-7-13-19-25/h5-22,26,29H,4H2,1-3H3/b21-20-/t22-,26-,29-/m0/s1. The molecule has 1 aliphatic rings. The molecule has 3 aromatic carbocycles. The number of nitrogens with zero attached hydrogens (tertiary/aromatic N) is 3. The normalized spacial score (nSPS) is 17.9. The third-order valence-electron chi connectivity index (χ3n) is 6.55. The van der Waals surface area contributed by atoms with Crippen LogP contribution in [0.4, 0.5) is 4.79 Å². The van der Waals surface area contributed by atoms with E-state index in [-0.39, 0.29) is 12.6 Å². The number of hydrogen-bond acceptors (Lipinski definition) is 5. The van der Waals surface area contributed by atoms with Crippen molar-refractivity contribution in [2.75, 3.05) is 13.7 Å². The van der Waals surface area contributed by atoms with Crippen LogP contribution >= 0.6 is 0 Å². The van der Waals surface area contributed by atoms with Gasteiger partial charge in [0.25, 0.3) is 5.91 Å². The monoisotopic (exact) mass is 509 g/mol. The van der Waals surface area contributed by atoms with Gasteiger partial charge in [-0.05, 0) is 25.5 Å². The van der Waals surface area contributed by atoms with Gasteiger partial charge in [-0.2, -0.15) is 0 Å². The Morgan fingerprint density at radius 3 is 1.97 bits per heavy atom. The molecule has 3 amide bonds. The Balaban J connectivity index is 1.83. The molecule has 1 aliphatic heterocycles. The highest BCUT2D eigenvalue weighted by molar-refractivity contribution is 6.14. The molecule has 4 rings (SSSR count). The van der Waals surface area contributed by atoms with Crippen molar-refractivity contribution in [2.45, 2.75) is 32.0 Å². The Kier molecular flexibility index (Phi) is 8.48. The van der Waals surface area contributed by atoms with Crippen LogP contribution in [0.2, 0.25) is 0 Å². The number of carbonyl (C=O) groups is 3. The van der Waals surface area contributed by atoms with Crippen molar-refractivity contribution in [3.8, 4) is 0 Å². The van der Waals surface area contributed by atoms with Crippen LogP contribution in [0.5, 0.6) is 0 Å². The summed E-state index contributed by atoms with van der Waals surface area (Å²) in [5, 5.41) is 0. The largest absolute Gasteiger partial charge is 0.463 e. The van der Waals surface area contributed by atoms with Crippen LogP contribution in [0.3, 0.4) is 0 Å². The van der Waals surface area contributed by atoms with Gasteiger partial charge in [-0.25, -0.2) is 9.59 Å². The van der Waals surface area contributed by atoms with Crippen molar-refractivity contribution in [2.24, 2.45) is 4.99 Å². The van der Waals surface area contributed by atoms with Gasteiger partial charge in [0.15, 0.2) is 0 Å². The maximum atomic E-state index is 14.2. The molecule has 38 heavy (non-hydrogen) atoms. The number of imide groups is 1. The molecule has 0 aliphatic carbocycles. The van der Waals surface area contributed by atoms with Crippen LogP contribution in [0.15, 0.2) is 108 Å². The Labute approximate surface area is 223 Å². The van der Waals surface area contributed by atoms with E-state index in [1.165, 1.54) is 17.1 Å². The predicted molar refractivity (Wildman–Crippen MR) is 147 cm³/mol. The second kappa shape index (κ2) is 12.1. The minimum absolute atomic E-state index is 0.202. The topological polar surface area (TPSA) is 79.3 Å². The molecule has 1 heterocycles. The average Bonchev–Trinajstić information content (AvgIpc) is 3.18. The quantitative estimate of drug-likeness (QED) is 0.242. The molecular weight excluding hydrogens is 478 g/mol. The molecule has 0 radical (unpaired) electrons. The van der Waals surface area contributed by atoms with E-state index in [0.717, 1.165) is 16.7 Å². The number of likely N-dealkylation sites (N-methyl/N-ethyl adjacent to an activating group) is 1. The van der Waals surface area contributed by atoms with E-state index in [0.29, 0.717) is 5.71 Å². The van der Waals surface area contributed by atoms with E-state index in [1.54, 1.807) is 18.9 Å². The van der Waals surface area contributed by atoms with Crippen molar-refractivity contribution >= 4 is 23.6 Å². The minimum atomic E-state index is -1.15. The lowest BCUT2D eigenvalue weighted by atomic mass is 9.99. The summed E-state index contributed by atoms with van der Waals surface area (Å²) in [5.41, 5.74) is 3.02. The van der Waals surface area contributed by atoms with Crippen LogP contribution in [0.25, 0.3) is 0 Å². The predicted octanol–water partition coefficient (Wildman–Crippen LogP) is 5.04. The number of aliphatic imine (C=N–C) groups is 1. The van der Waals surface area contributed by atoms with Crippen LogP contribution in [-0.2, 0) is 14.3 Å². The van der Waals surface area contributed by atoms with Gasteiger partial charge in [0.05, 0.1) is 24.4 Å². The highest BCUT2D eigenvalue weighted by Gasteiger charge is 2.47. The first-order chi connectivity index (χ1) is 18.4. The van der Waals surface area contributed by atoms with Crippen LogP contribution in [0, 0.1) is 0 Å². The van der Waals surface area contributed by atoms with Crippen molar-refractivity contribution in [1.29, 1.82) is 0 Å². The van der Waals surface area contributed by atoms with Gasteiger partial charge in [-0.15, -0.1) is 0 Å². The second-order valence-electron chi connectivity index (χ2n) is 8.96. The van der Waals surface area contributed by atoms with Crippen LogP contribution < -0.4 is 0 Å². The summed E-state index contributed by atoms with van der Waals surface area (Å²) in [7, 11) is 1.68. The molecule has 0 N–H and O–H groups in total. The van der Waals surface area contributed by atoms with E-state index in [4.69, 9.17) is 9.73 Å². The highest BCUT2D eigenvalue weighted by atomic mass is 16.5. The van der Waals surface area contributed by atoms with Crippen molar-refractivity contribution in [3.63, 3.8) is 0 Å².